The lowest BCUT2D eigenvalue weighted by atomic mass is 10.2. The van der Waals surface area contributed by atoms with Gasteiger partial charge in [0.25, 0.3) is 10.1 Å². The van der Waals surface area contributed by atoms with Gasteiger partial charge in [-0.15, -0.1) is 24.0 Å². The first-order valence-electron chi connectivity index (χ1n) is 8.10. The predicted molar refractivity (Wildman–Crippen MR) is 107 cm³/mol. The molecule has 0 saturated carbocycles. The van der Waals surface area contributed by atoms with Gasteiger partial charge in [0, 0.05) is 12.8 Å². The van der Waals surface area contributed by atoms with Crippen LogP contribution in [0.5, 0.6) is 0 Å². The summed E-state index contributed by atoms with van der Waals surface area (Å²) >= 11 is 0. The molecule has 0 rings (SSSR count). The maximum atomic E-state index is 9.96. The molecule has 0 aromatic rings. The van der Waals surface area contributed by atoms with Crippen LogP contribution in [-0.2, 0) is 19.7 Å². The molecule has 0 saturated heterocycles. The zero-order valence-corrected chi connectivity index (χ0v) is 18.2. The second kappa shape index (κ2) is 23.5. The zero-order valence-electron chi connectivity index (χ0n) is 15.0. The fourth-order valence-electron chi connectivity index (χ4n) is 1.34. The van der Waals surface area contributed by atoms with Crippen molar-refractivity contribution in [1.82, 2.24) is 0 Å². The van der Waals surface area contributed by atoms with E-state index in [1.54, 1.807) is 0 Å². The summed E-state index contributed by atoms with van der Waals surface area (Å²) < 4.78 is 27.1. The van der Waals surface area contributed by atoms with E-state index >= 15 is 0 Å². The van der Waals surface area contributed by atoms with Crippen LogP contribution in [0.4, 0.5) is 0 Å². The number of rotatable bonds is 11. The first kappa shape index (κ1) is 32.2. The van der Waals surface area contributed by atoms with Crippen LogP contribution in [0.1, 0.15) is 71.6 Å². The Balaban J connectivity index is -0.000000131. The lowest BCUT2D eigenvalue weighted by Gasteiger charge is -1.92. The lowest BCUT2D eigenvalue weighted by Crippen LogP contribution is -2.06. The van der Waals surface area contributed by atoms with Gasteiger partial charge in [-0.25, -0.2) is 0 Å². The Morgan fingerprint density at radius 3 is 1.40 bits per heavy atom. The lowest BCUT2D eigenvalue weighted by molar-refractivity contribution is -0.138. The molecule has 8 nitrogen and oxygen atoms in total. The average molecular weight is 500 g/mol. The summed E-state index contributed by atoms with van der Waals surface area (Å²) in [5.41, 5.74) is 0. The van der Waals surface area contributed by atoms with Gasteiger partial charge in [-0.1, -0.05) is 46.0 Å². The maximum Gasteiger partial charge on any atom is 0.303 e. The van der Waals surface area contributed by atoms with Gasteiger partial charge in [0.1, 0.15) is 0 Å². The minimum atomic E-state index is -3.92. The number of hydrogen-bond acceptors (Lipinski definition) is 5. The van der Waals surface area contributed by atoms with Gasteiger partial charge < -0.3 is 15.3 Å². The van der Waals surface area contributed by atoms with Crippen LogP contribution in [0.25, 0.3) is 0 Å². The predicted octanol–water partition coefficient (Wildman–Crippen LogP) is 3.18. The first-order chi connectivity index (χ1) is 11.1. The molecule has 0 aromatic carbocycles. The highest BCUT2D eigenvalue weighted by Gasteiger charge is 1.99. The van der Waals surface area contributed by atoms with Gasteiger partial charge in [-0.2, -0.15) is 8.42 Å². The maximum absolute atomic E-state index is 9.96. The van der Waals surface area contributed by atoms with Crippen LogP contribution in [0.3, 0.4) is 0 Å². The molecule has 0 amide bonds. The molecule has 0 aliphatic heterocycles. The Labute approximate surface area is 167 Å². The number of unbranched alkanes of at least 4 members (excludes halogenated alkanes) is 5. The highest BCUT2D eigenvalue weighted by molar-refractivity contribution is 14.0. The molecule has 10 heteroatoms. The van der Waals surface area contributed by atoms with Gasteiger partial charge in [-0.3, -0.25) is 14.1 Å². The summed E-state index contributed by atoms with van der Waals surface area (Å²) in [6.07, 6.45) is 7.83. The summed E-state index contributed by atoms with van der Waals surface area (Å²) in [5.74, 6) is -1.93. The van der Waals surface area contributed by atoms with Crippen molar-refractivity contribution in [3.63, 3.8) is 0 Å². The van der Waals surface area contributed by atoms with Crippen LogP contribution in [0.15, 0.2) is 0 Å². The van der Waals surface area contributed by atoms with E-state index in [1.807, 2.05) is 0 Å². The number of aliphatic hydroxyl groups is 1. The number of hydrogen-bond donors (Lipinski definition) is 4. The molecule has 154 valence electrons. The summed E-state index contributed by atoms with van der Waals surface area (Å²) in [7, 11) is -3.92. The van der Waals surface area contributed by atoms with Crippen LogP contribution in [0, 0.1) is 0 Å². The minimum Gasteiger partial charge on any atom is -0.481 e. The third-order valence-electron chi connectivity index (χ3n) is 2.59. The molecule has 25 heavy (non-hydrogen) atoms. The van der Waals surface area contributed by atoms with E-state index in [1.165, 1.54) is 6.42 Å². The third-order valence-corrected chi connectivity index (χ3v) is 3.29. The summed E-state index contributed by atoms with van der Waals surface area (Å²) in [6, 6.07) is 0. The van der Waals surface area contributed by atoms with Gasteiger partial charge in [0.05, 0.1) is 12.4 Å². The van der Waals surface area contributed by atoms with Gasteiger partial charge in [0.2, 0.25) is 0 Å². The molecular weight excluding hydrogens is 467 g/mol. The van der Waals surface area contributed by atoms with Gasteiger partial charge >= 0.3 is 11.9 Å². The Kier molecular flexibility index (Phi) is 30.3. The van der Waals surface area contributed by atoms with Crippen LogP contribution >= 0.6 is 24.0 Å². The molecule has 0 heterocycles. The molecule has 0 aliphatic carbocycles. The van der Waals surface area contributed by atoms with Crippen LogP contribution in [-0.4, -0.2) is 52.6 Å². The summed E-state index contributed by atoms with van der Waals surface area (Å²) in [4.78, 5) is 19.8. The average Bonchev–Trinajstić information content (AvgIpc) is 2.43. The molecular formula is C15H33IO8S. The molecule has 0 bridgehead atoms. The van der Waals surface area contributed by atoms with Gasteiger partial charge in [0.15, 0.2) is 0 Å². The Bertz CT molecular complexity index is 398. The molecule has 0 atom stereocenters. The van der Waals surface area contributed by atoms with E-state index in [2.05, 4.69) is 13.8 Å². The number of halogens is 1. The smallest absolute Gasteiger partial charge is 0.303 e. The number of carbonyl (C=O) groups is 2. The fourth-order valence-corrected chi connectivity index (χ4v) is 1.58. The number of aliphatic hydroxyl groups excluding tert-OH is 1. The van der Waals surface area contributed by atoms with Gasteiger partial charge in [-0.05, 0) is 12.8 Å². The quantitative estimate of drug-likeness (QED) is 0.192. The van der Waals surface area contributed by atoms with E-state index < -0.39 is 34.4 Å². The van der Waals surface area contributed by atoms with Crippen molar-refractivity contribution in [1.29, 1.82) is 0 Å². The SMILES string of the molecule is CCCCCC(=O)O.CCCCCCC(=O)O.I.O=S(=O)(O)CCO. The van der Waals surface area contributed by atoms with Crippen LogP contribution < -0.4 is 0 Å². The topological polar surface area (TPSA) is 149 Å². The van der Waals surface area contributed by atoms with Crippen molar-refractivity contribution in [3.05, 3.63) is 0 Å². The standard InChI is InChI=1S/C7H14O2.C6H12O2.C2H6O4S.HI/c1-2-3-4-5-6-7(8)9;1-2-3-4-5-6(7)8;3-1-2-7(4,5)6;/h2-6H2,1H3,(H,8,9);2-5H2,1H3,(H,7,8);3H,1-2H2,(H,4,5,6);1H. The van der Waals surface area contributed by atoms with E-state index in [-0.39, 0.29) is 24.0 Å². The van der Waals surface area contributed by atoms with Crippen molar-refractivity contribution in [2.45, 2.75) is 71.6 Å². The Hall–Kier alpha value is -0.460. The van der Waals surface area contributed by atoms with E-state index in [0.717, 1.165) is 38.5 Å². The monoisotopic (exact) mass is 500 g/mol. The molecule has 0 radical (unpaired) electrons. The number of aliphatic carboxylic acids is 2. The second-order valence-electron chi connectivity index (χ2n) is 5.06. The van der Waals surface area contributed by atoms with Crippen molar-refractivity contribution >= 4 is 46.0 Å². The normalized spacial score (nSPS) is 9.60. The second-order valence-corrected chi connectivity index (χ2v) is 6.64. The Morgan fingerprint density at radius 2 is 1.16 bits per heavy atom. The molecule has 0 aromatic heterocycles. The Morgan fingerprint density at radius 1 is 0.800 bits per heavy atom. The molecule has 0 aliphatic rings. The highest BCUT2D eigenvalue weighted by atomic mass is 127. The molecule has 0 fully saturated rings. The van der Waals surface area contributed by atoms with Crippen LogP contribution in [0.2, 0.25) is 0 Å². The molecule has 0 unspecified atom stereocenters. The zero-order chi connectivity index (χ0) is 19.4. The van der Waals surface area contributed by atoms with E-state index in [9.17, 15) is 18.0 Å². The first-order valence-corrected chi connectivity index (χ1v) is 9.71. The highest BCUT2D eigenvalue weighted by Crippen LogP contribution is 2.01. The van der Waals surface area contributed by atoms with E-state index in [0.29, 0.717) is 12.8 Å². The van der Waals surface area contributed by atoms with Crippen molar-refractivity contribution in [2.24, 2.45) is 0 Å². The van der Waals surface area contributed by atoms with Crippen molar-refractivity contribution in [3.8, 4) is 0 Å². The van der Waals surface area contributed by atoms with Crippen molar-refractivity contribution in [2.75, 3.05) is 12.4 Å². The number of carboxylic acid groups (broad SMARTS) is 2. The summed E-state index contributed by atoms with van der Waals surface area (Å²) in [6.45, 7) is 3.64. The minimum absolute atomic E-state index is 0. The third kappa shape index (κ3) is 51.7. The molecule has 4 N–H and O–H groups in total. The summed E-state index contributed by atoms with van der Waals surface area (Å²) in [5, 5.41) is 24.2. The molecule has 0 spiro atoms. The fraction of sp³-hybridized carbons (Fsp3) is 0.867. The largest absolute Gasteiger partial charge is 0.481 e. The van der Waals surface area contributed by atoms with E-state index in [4.69, 9.17) is 19.9 Å². The number of carboxylic acids is 2. The van der Waals surface area contributed by atoms with Crippen molar-refractivity contribution < 1.29 is 37.9 Å².